The molecule has 0 saturated carbocycles. The molecule has 0 aliphatic carbocycles. The van der Waals surface area contributed by atoms with Crippen molar-refractivity contribution in [1.82, 2.24) is 0 Å². The van der Waals surface area contributed by atoms with Crippen molar-refractivity contribution in [3.63, 3.8) is 0 Å². The maximum atomic E-state index is 11.8. The van der Waals surface area contributed by atoms with Crippen LogP contribution in [0, 0.1) is 5.41 Å². The molecule has 0 aromatic heterocycles. The molecule has 1 rings (SSSR count). The van der Waals surface area contributed by atoms with Crippen LogP contribution in [0.5, 0.6) is 11.5 Å². The molecule has 0 heterocycles. The van der Waals surface area contributed by atoms with Gasteiger partial charge in [-0.05, 0) is 45.7 Å². The van der Waals surface area contributed by atoms with Crippen molar-refractivity contribution in [3.05, 3.63) is 23.8 Å². The topological polar surface area (TPSA) is 61.8 Å². The van der Waals surface area contributed by atoms with Gasteiger partial charge in [0.25, 0.3) is 0 Å². The predicted molar refractivity (Wildman–Crippen MR) is 83.5 cm³/mol. The molecule has 1 aromatic rings. The molecule has 0 amide bonds. The lowest BCUT2D eigenvalue weighted by Gasteiger charge is -2.22. The van der Waals surface area contributed by atoms with Crippen molar-refractivity contribution in [1.29, 1.82) is 0 Å². The van der Waals surface area contributed by atoms with Gasteiger partial charge in [-0.15, -0.1) is 0 Å². The average Bonchev–Trinajstić information content (AvgIpc) is 2.51. The molecule has 0 spiro atoms. The van der Waals surface area contributed by atoms with Gasteiger partial charge in [-0.2, -0.15) is 0 Å². The van der Waals surface area contributed by atoms with Gasteiger partial charge in [-0.3, -0.25) is 9.59 Å². The lowest BCUT2D eigenvalue weighted by atomic mass is 9.88. The van der Waals surface area contributed by atoms with E-state index in [-0.39, 0.29) is 5.97 Å². The van der Waals surface area contributed by atoms with Gasteiger partial charge in [0, 0.05) is 0 Å². The van der Waals surface area contributed by atoms with Gasteiger partial charge in [0.05, 0.1) is 31.3 Å². The number of carbonyl (C=O) groups excluding carboxylic acids is 2. The van der Waals surface area contributed by atoms with E-state index in [1.807, 2.05) is 13.8 Å². The third-order valence-electron chi connectivity index (χ3n) is 3.40. The van der Waals surface area contributed by atoms with Crippen LogP contribution in [0.1, 0.15) is 44.0 Å². The van der Waals surface area contributed by atoms with Crippen LogP contribution in [0.25, 0.3) is 0 Å². The molecule has 22 heavy (non-hydrogen) atoms. The second-order valence-corrected chi connectivity index (χ2v) is 5.55. The Morgan fingerprint density at radius 3 is 2.55 bits per heavy atom. The number of benzene rings is 1. The number of aldehydes is 1. The van der Waals surface area contributed by atoms with E-state index in [9.17, 15) is 9.59 Å². The van der Waals surface area contributed by atoms with Crippen molar-refractivity contribution >= 4 is 12.3 Å². The van der Waals surface area contributed by atoms with E-state index in [0.29, 0.717) is 43.1 Å². The molecule has 122 valence electrons. The fraction of sp³-hybridized carbons (Fsp3) is 0.529. The molecule has 0 saturated heterocycles. The van der Waals surface area contributed by atoms with Crippen molar-refractivity contribution in [3.8, 4) is 11.5 Å². The summed E-state index contributed by atoms with van der Waals surface area (Å²) >= 11 is 0. The van der Waals surface area contributed by atoms with Crippen LogP contribution in [0.3, 0.4) is 0 Å². The van der Waals surface area contributed by atoms with E-state index in [0.717, 1.165) is 6.29 Å². The van der Waals surface area contributed by atoms with Gasteiger partial charge in [0.15, 0.2) is 6.29 Å². The van der Waals surface area contributed by atoms with Crippen LogP contribution in [-0.2, 0) is 9.53 Å². The Morgan fingerprint density at radius 1 is 1.27 bits per heavy atom. The highest BCUT2D eigenvalue weighted by Gasteiger charge is 2.28. The van der Waals surface area contributed by atoms with Gasteiger partial charge in [0.2, 0.25) is 0 Å². The van der Waals surface area contributed by atoms with Crippen LogP contribution in [0.15, 0.2) is 18.2 Å². The van der Waals surface area contributed by atoms with Gasteiger partial charge in [-0.1, -0.05) is 6.07 Å². The summed E-state index contributed by atoms with van der Waals surface area (Å²) in [5.74, 6) is 0.771. The quantitative estimate of drug-likeness (QED) is 0.398. The summed E-state index contributed by atoms with van der Waals surface area (Å²) < 4.78 is 15.8. The molecule has 0 atom stereocenters. The fourth-order valence-electron chi connectivity index (χ4n) is 2.07. The molecular weight excluding hydrogens is 284 g/mol. The Labute approximate surface area is 131 Å². The van der Waals surface area contributed by atoms with Crippen molar-refractivity contribution in [2.24, 2.45) is 5.41 Å². The molecule has 0 aliphatic heterocycles. The summed E-state index contributed by atoms with van der Waals surface area (Å²) in [5.41, 5.74) is -0.143. The summed E-state index contributed by atoms with van der Waals surface area (Å²) in [6, 6.07) is 5.20. The van der Waals surface area contributed by atoms with Crippen molar-refractivity contribution in [2.45, 2.75) is 33.6 Å². The van der Waals surface area contributed by atoms with Crippen LogP contribution in [-0.4, -0.2) is 32.6 Å². The lowest BCUT2D eigenvalue weighted by molar-refractivity contribution is -0.153. The van der Waals surface area contributed by atoms with E-state index in [1.54, 1.807) is 25.1 Å². The van der Waals surface area contributed by atoms with E-state index in [2.05, 4.69) is 0 Å². The summed E-state index contributed by atoms with van der Waals surface area (Å²) in [7, 11) is 1.51. The van der Waals surface area contributed by atoms with Crippen molar-refractivity contribution < 1.29 is 23.8 Å². The molecule has 0 aliphatic rings. The fourth-order valence-corrected chi connectivity index (χ4v) is 2.07. The number of esters is 1. The number of hydrogen-bond acceptors (Lipinski definition) is 5. The SMILES string of the molecule is CCOC(=O)C(C)(C)CCCOc1cccc(OC)c1C=O. The first-order valence-corrected chi connectivity index (χ1v) is 7.38. The normalized spacial score (nSPS) is 10.9. The Balaban J connectivity index is 2.55. The first-order chi connectivity index (χ1) is 10.5. The molecule has 0 unspecified atom stereocenters. The molecule has 1 aromatic carbocycles. The molecule has 0 N–H and O–H groups in total. The second-order valence-electron chi connectivity index (χ2n) is 5.55. The van der Waals surface area contributed by atoms with Crippen LogP contribution in [0.2, 0.25) is 0 Å². The zero-order valence-electron chi connectivity index (χ0n) is 13.7. The van der Waals surface area contributed by atoms with E-state index in [4.69, 9.17) is 14.2 Å². The first-order valence-electron chi connectivity index (χ1n) is 7.38. The van der Waals surface area contributed by atoms with Crippen LogP contribution < -0.4 is 9.47 Å². The van der Waals surface area contributed by atoms with Crippen molar-refractivity contribution in [2.75, 3.05) is 20.3 Å². The smallest absolute Gasteiger partial charge is 0.311 e. The Kier molecular flexibility index (Phi) is 6.89. The third kappa shape index (κ3) is 4.76. The Bertz CT molecular complexity index is 508. The Hall–Kier alpha value is -2.04. The number of rotatable bonds is 9. The predicted octanol–water partition coefficient (Wildman–Crippen LogP) is 3.26. The minimum absolute atomic E-state index is 0.204. The van der Waals surface area contributed by atoms with Crippen LogP contribution in [0.4, 0.5) is 0 Å². The number of ether oxygens (including phenoxy) is 3. The maximum absolute atomic E-state index is 11.8. The first kappa shape index (κ1) is 18.0. The number of hydrogen-bond donors (Lipinski definition) is 0. The average molecular weight is 308 g/mol. The zero-order chi connectivity index (χ0) is 16.6. The zero-order valence-corrected chi connectivity index (χ0v) is 13.7. The summed E-state index contributed by atoms with van der Waals surface area (Å²) in [6.45, 7) is 6.30. The molecular formula is C17H24O5. The monoisotopic (exact) mass is 308 g/mol. The van der Waals surface area contributed by atoms with E-state index >= 15 is 0 Å². The van der Waals surface area contributed by atoms with E-state index < -0.39 is 5.41 Å². The van der Waals surface area contributed by atoms with Gasteiger partial charge < -0.3 is 14.2 Å². The minimum Gasteiger partial charge on any atom is -0.496 e. The highest BCUT2D eigenvalue weighted by Crippen LogP contribution is 2.28. The van der Waals surface area contributed by atoms with Gasteiger partial charge >= 0.3 is 5.97 Å². The summed E-state index contributed by atoms with van der Waals surface area (Å²) in [4.78, 5) is 22.9. The highest BCUT2D eigenvalue weighted by molar-refractivity contribution is 5.83. The molecule has 5 nitrogen and oxygen atoms in total. The Morgan fingerprint density at radius 2 is 1.95 bits per heavy atom. The minimum atomic E-state index is -0.540. The standard InChI is InChI=1S/C17H24O5/c1-5-21-16(19)17(2,3)10-7-11-22-15-9-6-8-14(20-4)13(15)12-18/h6,8-9,12H,5,7,10-11H2,1-4H3. The van der Waals surface area contributed by atoms with E-state index in [1.165, 1.54) is 7.11 Å². The maximum Gasteiger partial charge on any atom is 0.311 e. The lowest BCUT2D eigenvalue weighted by Crippen LogP contribution is -2.27. The largest absolute Gasteiger partial charge is 0.496 e. The number of methoxy groups -OCH3 is 1. The molecule has 0 fully saturated rings. The summed E-state index contributed by atoms with van der Waals surface area (Å²) in [6.07, 6.45) is 2.05. The second kappa shape index (κ2) is 8.41. The van der Waals surface area contributed by atoms with Gasteiger partial charge in [0.1, 0.15) is 11.5 Å². The molecule has 0 radical (unpaired) electrons. The van der Waals surface area contributed by atoms with Crippen LogP contribution >= 0.6 is 0 Å². The van der Waals surface area contributed by atoms with Gasteiger partial charge in [-0.25, -0.2) is 0 Å². The highest BCUT2D eigenvalue weighted by atomic mass is 16.5. The number of carbonyl (C=O) groups is 2. The molecule has 5 heteroatoms. The molecule has 0 bridgehead atoms. The summed E-state index contributed by atoms with van der Waals surface area (Å²) in [5, 5.41) is 0. The third-order valence-corrected chi connectivity index (χ3v) is 3.40.